The minimum absolute atomic E-state index is 0.135. The quantitative estimate of drug-likeness (QED) is 0.711. The molecule has 130 valence electrons. The number of nitrogens with zero attached hydrogens (tertiary/aromatic N) is 3. The molecule has 0 bridgehead atoms. The number of urea groups is 1. The fourth-order valence-electron chi connectivity index (χ4n) is 2.09. The normalized spacial score (nSPS) is 11.5. The number of halogens is 4. The number of hydrogen-bond acceptors (Lipinski definition) is 3. The number of aromatic nitrogens is 3. The molecule has 25 heavy (non-hydrogen) atoms. The Balaban J connectivity index is 1.70. The van der Waals surface area contributed by atoms with E-state index < -0.39 is 23.6 Å². The molecule has 2 amide bonds. The molecule has 2 N–H and O–H groups in total. The van der Waals surface area contributed by atoms with Gasteiger partial charge in [-0.2, -0.15) is 13.2 Å². The molecule has 0 spiro atoms. The number of anilines is 1. The van der Waals surface area contributed by atoms with Crippen LogP contribution in [0.1, 0.15) is 11.4 Å². The number of rotatable bonds is 3. The van der Waals surface area contributed by atoms with Gasteiger partial charge in [0.2, 0.25) is 0 Å². The van der Waals surface area contributed by atoms with E-state index in [1.54, 1.807) is 0 Å². The van der Waals surface area contributed by atoms with Crippen molar-refractivity contribution in [3.8, 4) is 0 Å². The third-order valence-corrected chi connectivity index (χ3v) is 3.31. The van der Waals surface area contributed by atoms with Crippen LogP contribution in [0.15, 0.2) is 42.6 Å². The third kappa shape index (κ3) is 3.84. The lowest BCUT2D eigenvalue weighted by Crippen LogP contribution is -2.29. The second-order valence-electron chi connectivity index (χ2n) is 5.07. The summed E-state index contributed by atoms with van der Waals surface area (Å²) in [6, 6.07) is 6.59. The predicted octanol–water partition coefficient (Wildman–Crippen LogP) is 3.21. The molecule has 0 aliphatic heterocycles. The Kier molecular flexibility index (Phi) is 4.26. The Morgan fingerprint density at radius 1 is 1.08 bits per heavy atom. The van der Waals surface area contributed by atoms with Gasteiger partial charge in [0, 0.05) is 11.9 Å². The maximum atomic E-state index is 12.8. The molecule has 2 aromatic heterocycles. The summed E-state index contributed by atoms with van der Waals surface area (Å²) in [4.78, 5) is 11.8. The van der Waals surface area contributed by atoms with Crippen LogP contribution in [0.3, 0.4) is 0 Å². The summed E-state index contributed by atoms with van der Waals surface area (Å²) in [5.74, 6) is -0.309. The number of carbonyl (C=O) groups excluding carboxylic acids is 1. The minimum atomic E-state index is -4.50. The zero-order valence-corrected chi connectivity index (χ0v) is 12.5. The highest BCUT2D eigenvalue weighted by Gasteiger charge is 2.31. The van der Waals surface area contributed by atoms with E-state index in [1.807, 2.05) is 0 Å². The summed E-state index contributed by atoms with van der Waals surface area (Å²) in [5, 5.41) is 12.4. The van der Waals surface area contributed by atoms with E-state index in [1.165, 1.54) is 30.3 Å². The highest BCUT2D eigenvalue weighted by molar-refractivity contribution is 5.89. The monoisotopic (exact) mass is 353 g/mol. The number of pyridine rings is 1. The second kappa shape index (κ2) is 6.38. The lowest BCUT2D eigenvalue weighted by molar-refractivity contribution is -0.137. The van der Waals surface area contributed by atoms with Gasteiger partial charge in [-0.1, -0.05) is 0 Å². The zero-order chi connectivity index (χ0) is 18.0. The van der Waals surface area contributed by atoms with Gasteiger partial charge in [-0.3, -0.25) is 4.40 Å². The van der Waals surface area contributed by atoms with Gasteiger partial charge in [-0.15, -0.1) is 10.2 Å². The first-order valence-electron chi connectivity index (χ1n) is 7.04. The van der Waals surface area contributed by atoms with Gasteiger partial charge in [-0.05, 0) is 36.4 Å². The molecule has 2 heterocycles. The van der Waals surface area contributed by atoms with Crippen LogP contribution in [0.25, 0.3) is 5.65 Å². The van der Waals surface area contributed by atoms with Gasteiger partial charge >= 0.3 is 12.2 Å². The minimum Gasteiger partial charge on any atom is -0.331 e. The van der Waals surface area contributed by atoms with E-state index in [9.17, 15) is 22.4 Å². The third-order valence-electron chi connectivity index (χ3n) is 3.31. The molecule has 0 aliphatic rings. The SMILES string of the molecule is O=C(NCc1nnc2ccc(C(F)(F)F)cn12)Nc1ccc(F)cc1. The summed E-state index contributed by atoms with van der Waals surface area (Å²) in [7, 11) is 0. The molecule has 0 saturated heterocycles. The molecule has 6 nitrogen and oxygen atoms in total. The fourth-order valence-corrected chi connectivity index (χ4v) is 2.09. The Bertz CT molecular complexity index is 904. The van der Waals surface area contributed by atoms with Crippen molar-refractivity contribution >= 4 is 17.4 Å². The number of hydrogen-bond donors (Lipinski definition) is 2. The Morgan fingerprint density at radius 2 is 1.80 bits per heavy atom. The molecule has 1 aromatic carbocycles. The Morgan fingerprint density at radius 3 is 2.48 bits per heavy atom. The van der Waals surface area contributed by atoms with Crippen LogP contribution in [0.4, 0.5) is 28.0 Å². The van der Waals surface area contributed by atoms with Crippen LogP contribution in [-0.4, -0.2) is 20.6 Å². The first-order chi connectivity index (χ1) is 11.8. The molecule has 10 heteroatoms. The van der Waals surface area contributed by atoms with Crippen LogP contribution in [0.2, 0.25) is 0 Å². The molecule has 0 saturated carbocycles. The molecule has 0 aliphatic carbocycles. The molecular weight excluding hydrogens is 342 g/mol. The van der Waals surface area contributed by atoms with Crippen molar-refractivity contribution in [3.05, 3.63) is 59.8 Å². The predicted molar refractivity (Wildman–Crippen MR) is 80.2 cm³/mol. The van der Waals surface area contributed by atoms with E-state index in [-0.39, 0.29) is 18.0 Å². The number of fused-ring (bicyclic) bond motifs is 1. The van der Waals surface area contributed by atoms with Crippen LogP contribution in [0.5, 0.6) is 0 Å². The van der Waals surface area contributed by atoms with Crippen LogP contribution >= 0.6 is 0 Å². The number of nitrogens with one attached hydrogen (secondary N) is 2. The van der Waals surface area contributed by atoms with Crippen molar-refractivity contribution < 1.29 is 22.4 Å². The lowest BCUT2D eigenvalue weighted by atomic mass is 10.3. The Hall–Kier alpha value is -3.17. The first-order valence-corrected chi connectivity index (χ1v) is 7.04. The van der Waals surface area contributed by atoms with Crippen LogP contribution < -0.4 is 10.6 Å². The average molecular weight is 353 g/mol. The maximum Gasteiger partial charge on any atom is 0.417 e. The molecular formula is C15H11F4N5O. The van der Waals surface area contributed by atoms with E-state index in [0.29, 0.717) is 5.69 Å². The topological polar surface area (TPSA) is 71.3 Å². The largest absolute Gasteiger partial charge is 0.417 e. The van der Waals surface area contributed by atoms with Gasteiger partial charge in [-0.25, -0.2) is 9.18 Å². The summed E-state index contributed by atoms with van der Waals surface area (Å²) >= 11 is 0. The van der Waals surface area contributed by atoms with Crippen LogP contribution in [0, 0.1) is 5.82 Å². The molecule has 0 unspecified atom stereocenters. The fraction of sp³-hybridized carbons (Fsp3) is 0.133. The Labute approximate surface area is 138 Å². The molecule has 0 fully saturated rings. The van der Waals surface area contributed by atoms with Gasteiger partial charge < -0.3 is 10.6 Å². The summed E-state index contributed by atoms with van der Waals surface area (Å²) in [5.41, 5.74) is -0.259. The second-order valence-corrected chi connectivity index (χ2v) is 5.07. The molecule has 3 aromatic rings. The number of amides is 2. The van der Waals surface area contributed by atoms with Crippen molar-refractivity contribution in [3.63, 3.8) is 0 Å². The standard InChI is InChI=1S/C15H11F4N5O/c16-10-2-4-11(5-3-10)21-14(25)20-7-13-23-22-12-6-1-9(8-24(12)13)15(17,18)19/h1-6,8H,7H2,(H2,20,21,25). The smallest absolute Gasteiger partial charge is 0.331 e. The number of alkyl halides is 3. The van der Waals surface area contributed by atoms with E-state index >= 15 is 0 Å². The average Bonchev–Trinajstić information content (AvgIpc) is 2.96. The molecule has 0 radical (unpaired) electrons. The van der Waals surface area contributed by atoms with Crippen molar-refractivity contribution in [1.82, 2.24) is 19.9 Å². The van der Waals surface area contributed by atoms with E-state index in [4.69, 9.17) is 0 Å². The van der Waals surface area contributed by atoms with E-state index in [2.05, 4.69) is 20.8 Å². The summed E-state index contributed by atoms with van der Waals surface area (Å²) < 4.78 is 52.3. The summed E-state index contributed by atoms with van der Waals surface area (Å²) in [6.07, 6.45) is -3.63. The van der Waals surface area contributed by atoms with Crippen molar-refractivity contribution in [2.24, 2.45) is 0 Å². The molecule has 0 atom stereocenters. The summed E-state index contributed by atoms with van der Waals surface area (Å²) in [6.45, 7) is -0.143. The van der Waals surface area contributed by atoms with Crippen LogP contribution in [-0.2, 0) is 12.7 Å². The number of carbonyl (C=O) groups is 1. The van der Waals surface area contributed by atoms with Crippen molar-refractivity contribution in [2.45, 2.75) is 12.7 Å². The van der Waals surface area contributed by atoms with Gasteiger partial charge in [0.25, 0.3) is 0 Å². The molecule has 3 rings (SSSR count). The van der Waals surface area contributed by atoms with Crippen molar-refractivity contribution in [1.29, 1.82) is 0 Å². The van der Waals surface area contributed by atoms with E-state index in [0.717, 1.165) is 16.7 Å². The highest BCUT2D eigenvalue weighted by atomic mass is 19.4. The maximum absolute atomic E-state index is 12.8. The highest BCUT2D eigenvalue weighted by Crippen LogP contribution is 2.29. The van der Waals surface area contributed by atoms with Crippen molar-refractivity contribution in [2.75, 3.05) is 5.32 Å². The zero-order valence-electron chi connectivity index (χ0n) is 12.5. The van der Waals surface area contributed by atoms with Gasteiger partial charge in [0.1, 0.15) is 5.82 Å². The van der Waals surface area contributed by atoms with Gasteiger partial charge in [0.15, 0.2) is 11.5 Å². The van der Waals surface area contributed by atoms with Gasteiger partial charge in [0.05, 0.1) is 12.1 Å². The lowest BCUT2D eigenvalue weighted by Gasteiger charge is -2.09. The number of benzene rings is 1. The first kappa shape index (κ1) is 16.7.